The van der Waals surface area contributed by atoms with Crippen LogP contribution in [-0.2, 0) is 16.6 Å². The van der Waals surface area contributed by atoms with Crippen molar-refractivity contribution < 1.29 is 13.2 Å². The van der Waals surface area contributed by atoms with E-state index in [1.807, 2.05) is 23.6 Å². The Labute approximate surface area is 178 Å². The van der Waals surface area contributed by atoms with Crippen LogP contribution in [0.3, 0.4) is 0 Å². The zero-order valence-corrected chi connectivity index (χ0v) is 18.1. The van der Waals surface area contributed by atoms with Crippen molar-refractivity contribution in [3.63, 3.8) is 0 Å². The molecule has 2 aromatic heterocycles. The van der Waals surface area contributed by atoms with E-state index in [2.05, 4.69) is 5.10 Å². The fourth-order valence-electron chi connectivity index (χ4n) is 3.70. The summed E-state index contributed by atoms with van der Waals surface area (Å²) in [6, 6.07) is 12.4. The number of sulfonamides is 1. The van der Waals surface area contributed by atoms with Gasteiger partial charge in [-0.3, -0.25) is 4.79 Å². The Kier molecular flexibility index (Phi) is 5.72. The van der Waals surface area contributed by atoms with Crippen molar-refractivity contribution in [2.24, 2.45) is 0 Å². The maximum Gasteiger partial charge on any atom is 0.351 e. The highest BCUT2D eigenvalue weighted by Gasteiger charge is 2.32. The van der Waals surface area contributed by atoms with Gasteiger partial charge >= 0.3 is 5.69 Å². The van der Waals surface area contributed by atoms with Crippen LogP contribution in [0.4, 0.5) is 0 Å². The van der Waals surface area contributed by atoms with Gasteiger partial charge in [-0.05, 0) is 30.4 Å². The molecule has 158 valence electrons. The van der Waals surface area contributed by atoms with Gasteiger partial charge in [0.05, 0.1) is 6.26 Å². The zero-order chi connectivity index (χ0) is 21.3. The number of aromatic nitrogens is 3. The van der Waals surface area contributed by atoms with Crippen LogP contribution in [0.15, 0.2) is 52.6 Å². The molecule has 1 atom stereocenters. The van der Waals surface area contributed by atoms with E-state index < -0.39 is 15.7 Å². The van der Waals surface area contributed by atoms with E-state index in [-0.39, 0.29) is 24.8 Å². The first-order chi connectivity index (χ1) is 14.3. The van der Waals surface area contributed by atoms with Gasteiger partial charge in [-0.2, -0.15) is 5.10 Å². The number of Topliss-reactive ketones (excluding diaryl/α,β-unsaturated/α-hetero) is 1. The van der Waals surface area contributed by atoms with Gasteiger partial charge in [0.25, 0.3) is 0 Å². The van der Waals surface area contributed by atoms with Gasteiger partial charge in [0.1, 0.15) is 17.4 Å². The van der Waals surface area contributed by atoms with Crippen LogP contribution in [0.2, 0.25) is 0 Å². The van der Waals surface area contributed by atoms with Crippen LogP contribution in [0.5, 0.6) is 0 Å². The lowest BCUT2D eigenvalue weighted by molar-refractivity contribution is 0.0966. The van der Waals surface area contributed by atoms with E-state index in [0.29, 0.717) is 29.4 Å². The molecule has 0 radical (unpaired) electrons. The first kappa shape index (κ1) is 20.7. The second-order valence-electron chi connectivity index (χ2n) is 7.33. The molecule has 0 saturated carbocycles. The van der Waals surface area contributed by atoms with Gasteiger partial charge in [0.15, 0.2) is 5.78 Å². The first-order valence-corrected chi connectivity index (χ1v) is 12.3. The molecule has 4 rings (SSSR count). The molecule has 0 aliphatic carbocycles. The highest BCUT2D eigenvalue weighted by atomic mass is 32.2. The van der Waals surface area contributed by atoms with E-state index in [0.717, 1.165) is 6.42 Å². The lowest BCUT2D eigenvalue weighted by atomic mass is 9.99. The molecular weight excluding hydrogens is 424 g/mol. The molecule has 1 fully saturated rings. The second-order valence-corrected chi connectivity index (χ2v) is 10.2. The second kappa shape index (κ2) is 8.29. The third-order valence-electron chi connectivity index (χ3n) is 5.20. The van der Waals surface area contributed by atoms with Crippen LogP contribution in [0, 0.1) is 0 Å². The standard InChI is InChI=1S/C20H22N4O4S2/c1-30(27,28)22-11-5-9-16(13-22)19-21-23(14-17(25)15-7-3-2-4-8-15)20(26)24(19)18-10-6-12-29-18/h2-4,6-8,10,12,16H,5,9,11,13-14H2,1H3. The van der Waals surface area contributed by atoms with Gasteiger partial charge < -0.3 is 0 Å². The van der Waals surface area contributed by atoms with Gasteiger partial charge in [0, 0.05) is 24.6 Å². The number of nitrogens with zero attached hydrogens (tertiary/aromatic N) is 4. The molecule has 1 saturated heterocycles. The summed E-state index contributed by atoms with van der Waals surface area (Å²) in [6.07, 6.45) is 2.60. The van der Waals surface area contributed by atoms with E-state index in [4.69, 9.17) is 0 Å². The van der Waals surface area contributed by atoms with Crippen LogP contribution in [-0.4, -0.2) is 52.2 Å². The largest absolute Gasteiger partial charge is 0.351 e. The molecular formula is C20H22N4O4S2. The van der Waals surface area contributed by atoms with Crippen molar-refractivity contribution in [1.82, 2.24) is 18.7 Å². The number of carbonyl (C=O) groups is 1. The monoisotopic (exact) mass is 446 g/mol. The van der Waals surface area contributed by atoms with Crippen molar-refractivity contribution in [1.29, 1.82) is 0 Å². The number of hydrogen-bond acceptors (Lipinski definition) is 6. The molecule has 3 aromatic rings. The summed E-state index contributed by atoms with van der Waals surface area (Å²) in [5.41, 5.74) is 0.116. The fourth-order valence-corrected chi connectivity index (χ4v) is 5.34. The lowest BCUT2D eigenvalue weighted by Gasteiger charge is -2.30. The minimum absolute atomic E-state index is 0.170. The number of carbonyl (C=O) groups excluding carboxylic acids is 1. The minimum Gasteiger partial charge on any atom is -0.292 e. The van der Waals surface area contributed by atoms with Crippen molar-refractivity contribution in [2.75, 3.05) is 19.3 Å². The maximum atomic E-state index is 13.2. The Hall–Kier alpha value is -2.56. The Morgan fingerprint density at radius 1 is 1.20 bits per heavy atom. The predicted molar refractivity (Wildman–Crippen MR) is 115 cm³/mol. The van der Waals surface area contributed by atoms with Gasteiger partial charge in [-0.25, -0.2) is 26.8 Å². The van der Waals surface area contributed by atoms with E-state index >= 15 is 0 Å². The quantitative estimate of drug-likeness (QED) is 0.541. The normalized spacial score (nSPS) is 17.8. The predicted octanol–water partition coefficient (Wildman–Crippen LogP) is 2.12. The topological polar surface area (TPSA) is 94.3 Å². The highest BCUT2D eigenvalue weighted by molar-refractivity contribution is 7.88. The van der Waals surface area contributed by atoms with Crippen LogP contribution < -0.4 is 5.69 Å². The highest BCUT2D eigenvalue weighted by Crippen LogP contribution is 2.28. The molecule has 0 bridgehead atoms. The summed E-state index contributed by atoms with van der Waals surface area (Å²) < 4.78 is 28.2. The fraction of sp³-hybridized carbons (Fsp3) is 0.350. The third-order valence-corrected chi connectivity index (χ3v) is 7.32. The molecule has 3 heterocycles. The van der Waals surface area contributed by atoms with Gasteiger partial charge in [0.2, 0.25) is 10.0 Å². The number of ketones is 1. The molecule has 1 unspecified atom stereocenters. The van der Waals surface area contributed by atoms with Crippen molar-refractivity contribution >= 4 is 27.1 Å². The third kappa shape index (κ3) is 4.16. The van der Waals surface area contributed by atoms with Crippen LogP contribution >= 0.6 is 11.3 Å². The number of rotatable bonds is 6. The SMILES string of the molecule is CS(=O)(=O)N1CCCC(c2nn(CC(=O)c3ccccc3)c(=O)n2-c2cccs2)C1. The van der Waals surface area contributed by atoms with Crippen LogP contribution in [0.25, 0.3) is 5.00 Å². The Bertz CT molecular complexity index is 1200. The molecule has 1 aliphatic heterocycles. The van der Waals surface area contributed by atoms with Gasteiger partial charge in [-0.15, -0.1) is 11.3 Å². The molecule has 1 aliphatic rings. The average Bonchev–Trinajstić information content (AvgIpc) is 3.36. The summed E-state index contributed by atoms with van der Waals surface area (Å²) in [5, 5.41) is 7.06. The van der Waals surface area contributed by atoms with E-state index in [9.17, 15) is 18.0 Å². The molecule has 10 heteroatoms. The Morgan fingerprint density at radius 2 is 1.97 bits per heavy atom. The number of piperidine rings is 1. The average molecular weight is 447 g/mol. The summed E-state index contributed by atoms with van der Waals surface area (Å²) in [4.78, 5) is 25.8. The van der Waals surface area contributed by atoms with E-state index in [1.54, 1.807) is 24.3 Å². The first-order valence-electron chi connectivity index (χ1n) is 9.61. The summed E-state index contributed by atoms with van der Waals surface area (Å²) in [5.74, 6) is 0.0644. The smallest absolute Gasteiger partial charge is 0.292 e. The molecule has 30 heavy (non-hydrogen) atoms. The van der Waals surface area contributed by atoms with Gasteiger partial charge in [-0.1, -0.05) is 30.3 Å². The summed E-state index contributed by atoms with van der Waals surface area (Å²) in [6.45, 7) is 0.565. The molecule has 0 spiro atoms. The number of hydrogen-bond donors (Lipinski definition) is 0. The molecule has 0 N–H and O–H groups in total. The van der Waals surface area contributed by atoms with E-state index in [1.165, 1.54) is 31.1 Å². The number of benzene rings is 1. The number of thiophene rings is 1. The molecule has 0 amide bonds. The maximum absolute atomic E-state index is 13.2. The Morgan fingerprint density at radius 3 is 2.63 bits per heavy atom. The lowest BCUT2D eigenvalue weighted by Crippen LogP contribution is -2.39. The Balaban J connectivity index is 1.72. The minimum atomic E-state index is -3.33. The molecule has 1 aromatic carbocycles. The summed E-state index contributed by atoms with van der Waals surface area (Å²) >= 11 is 1.40. The van der Waals surface area contributed by atoms with Crippen molar-refractivity contribution in [2.45, 2.75) is 25.3 Å². The van der Waals surface area contributed by atoms with Crippen molar-refractivity contribution in [3.05, 3.63) is 69.7 Å². The zero-order valence-electron chi connectivity index (χ0n) is 16.5. The van der Waals surface area contributed by atoms with Crippen molar-refractivity contribution in [3.8, 4) is 5.00 Å². The molecule has 8 nitrogen and oxygen atoms in total. The summed E-state index contributed by atoms with van der Waals surface area (Å²) in [7, 11) is -3.33. The van der Waals surface area contributed by atoms with Crippen LogP contribution in [0.1, 0.15) is 34.9 Å².